The third-order valence-corrected chi connectivity index (χ3v) is 2.74. The Bertz CT molecular complexity index is 611. The molecule has 1 heterocycles. The zero-order valence-electron chi connectivity index (χ0n) is 10.7. The fourth-order valence-corrected chi connectivity index (χ4v) is 1.61. The number of aromatic hydroxyl groups is 1. The Balaban J connectivity index is 2.28. The second-order valence-electron chi connectivity index (χ2n) is 4.03. The van der Waals surface area contributed by atoms with Crippen molar-refractivity contribution in [2.24, 2.45) is 0 Å². The molecule has 98 valence electrons. The first-order valence-corrected chi connectivity index (χ1v) is 5.71. The predicted octanol–water partition coefficient (Wildman–Crippen LogP) is 2.36. The number of phenols is 1. The number of hydrogen-bond acceptors (Lipinski definition) is 4. The number of methoxy groups -OCH3 is 1. The first kappa shape index (κ1) is 12.9. The Morgan fingerprint density at radius 2 is 2.16 bits per heavy atom. The van der Waals surface area contributed by atoms with Crippen molar-refractivity contribution in [1.82, 2.24) is 4.98 Å². The summed E-state index contributed by atoms with van der Waals surface area (Å²) in [5.41, 5.74) is 1.66. The second kappa shape index (κ2) is 5.39. The summed E-state index contributed by atoms with van der Waals surface area (Å²) in [6, 6.07) is 6.28. The highest BCUT2D eigenvalue weighted by atomic mass is 16.5. The molecule has 19 heavy (non-hydrogen) atoms. The number of nitrogens with one attached hydrogen (secondary N) is 1. The highest BCUT2D eigenvalue weighted by Crippen LogP contribution is 2.24. The third kappa shape index (κ3) is 2.82. The van der Waals surface area contributed by atoms with Crippen LogP contribution < -0.4 is 10.1 Å². The van der Waals surface area contributed by atoms with Crippen LogP contribution in [0.4, 0.5) is 5.69 Å². The lowest BCUT2D eigenvalue weighted by atomic mass is 10.1. The lowest BCUT2D eigenvalue weighted by Crippen LogP contribution is -2.13. The van der Waals surface area contributed by atoms with Gasteiger partial charge >= 0.3 is 0 Å². The van der Waals surface area contributed by atoms with Crippen LogP contribution in [0.2, 0.25) is 0 Å². The highest BCUT2D eigenvalue weighted by Gasteiger charge is 2.13. The van der Waals surface area contributed by atoms with Crippen molar-refractivity contribution in [3.63, 3.8) is 0 Å². The van der Waals surface area contributed by atoms with Crippen LogP contribution in [0.3, 0.4) is 0 Å². The van der Waals surface area contributed by atoms with Crippen LogP contribution in [0.5, 0.6) is 11.5 Å². The molecule has 0 unspecified atom stereocenters. The Labute approximate surface area is 110 Å². The van der Waals surface area contributed by atoms with E-state index in [0.717, 1.165) is 5.56 Å². The van der Waals surface area contributed by atoms with Crippen LogP contribution >= 0.6 is 0 Å². The van der Waals surface area contributed by atoms with E-state index < -0.39 is 5.91 Å². The number of aryl methyl sites for hydroxylation is 1. The molecule has 0 saturated heterocycles. The number of benzene rings is 1. The molecule has 2 rings (SSSR count). The van der Waals surface area contributed by atoms with Crippen LogP contribution in [-0.2, 0) is 0 Å². The fourth-order valence-electron chi connectivity index (χ4n) is 1.61. The van der Waals surface area contributed by atoms with Crippen LogP contribution in [0.1, 0.15) is 15.9 Å². The molecular formula is C14H14N2O3. The zero-order valence-corrected chi connectivity index (χ0v) is 10.7. The number of carbonyl (C=O) groups excluding carboxylic acids is 1. The van der Waals surface area contributed by atoms with Crippen molar-refractivity contribution in [2.45, 2.75) is 6.92 Å². The van der Waals surface area contributed by atoms with Gasteiger partial charge in [-0.3, -0.25) is 9.78 Å². The molecule has 0 saturated carbocycles. The van der Waals surface area contributed by atoms with Gasteiger partial charge in [0.05, 0.1) is 24.6 Å². The SMILES string of the molecule is COc1ccc(O)c(C(=O)Nc2cnccc2C)c1. The molecule has 0 aliphatic heterocycles. The fraction of sp³-hybridized carbons (Fsp3) is 0.143. The lowest BCUT2D eigenvalue weighted by molar-refractivity contribution is 0.102. The summed E-state index contributed by atoms with van der Waals surface area (Å²) in [6.07, 6.45) is 3.21. The van der Waals surface area contributed by atoms with Crippen LogP contribution in [-0.4, -0.2) is 23.1 Å². The summed E-state index contributed by atoms with van der Waals surface area (Å²) in [4.78, 5) is 16.0. The predicted molar refractivity (Wildman–Crippen MR) is 71.6 cm³/mol. The number of rotatable bonds is 3. The summed E-state index contributed by atoms with van der Waals surface area (Å²) in [7, 11) is 1.50. The standard InChI is InChI=1S/C14H14N2O3/c1-9-5-6-15-8-12(9)16-14(18)11-7-10(19-2)3-4-13(11)17/h3-8,17H,1-2H3,(H,16,18). The number of amides is 1. The molecule has 1 aromatic carbocycles. The average Bonchev–Trinajstić information content (AvgIpc) is 2.42. The number of phenolic OH excluding ortho intramolecular Hbond substituents is 1. The molecule has 0 bridgehead atoms. The molecule has 5 heteroatoms. The van der Waals surface area contributed by atoms with Gasteiger partial charge in [0.15, 0.2) is 0 Å². The Hall–Kier alpha value is -2.56. The molecule has 1 aromatic heterocycles. The van der Waals surface area contributed by atoms with Gasteiger partial charge in [-0.1, -0.05) is 0 Å². The molecule has 1 amide bonds. The number of nitrogens with zero attached hydrogens (tertiary/aromatic N) is 1. The number of pyridine rings is 1. The summed E-state index contributed by atoms with van der Waals surface area (Å²) in [6.45, 7) is 1.86. The van der Waals surface area contributed by atoms with E-state index in [-0.39, 0.29) is 11.3 Å². The van der Waals surface area contributed by atoms with Gasteiger partial charge in [-0.25, -0.2) is 0 Å². The molecule has 0 aliphatic rings. The van der Waals surface area contributed by atoms with Crippen molar-refractivity contribution in [3.8, 4) is 11.5 Å². The first-order chi connectivity index (χ1) is 9.11. The molecule has 0 spiro atoms. The van der Waals surface area contributed by atoms with E-state index in [1.54, 1.807) is 24.5 Å². The second-order valence-corrected chi connectivity index (χ2v) is 4.03. The first-order valence-electron chi connectivity index (χ1n) is 5.71. The molecule has 2 aromatic rings. The lowest BCUT2D eigenvalue weighted by Gasteiger charge is -2.09. The number of hydrogen-bond donors (Lipinski definition) is 2. The molecule has 5 nitrogen and oxygen atoms in total. The number of aromatic nitrogens is 1. The quantitative estimate of drug-likeness (QED) is 0.886. The van der Waals surface area contributed by atoms with E-state index in [1.807, 2.05) is 6.92 Å². The van der Waals surface area contributed by atoms with E-state index in [9.17, 15) is 9.90 Å². The minimum atomic E-state index is -0.410. The van der Waals surface area contributed by atoms with Gasteiger partial charge in [0, 0.05) is 6.20 Å². The molecular weight excluding hydrogens is 244 g/mol. The van der Waals surface area contributed by atoms with E-state index in [1.165, 1.54) is 19.2 Å². The highest BCUT2D eigenvalue weighted by molar-refractivity contribution is 6.06. The van der Waals surface area contributed by atoms with Crippen molar-refractivity contribution in [2.75, 3.05) is 12.4 Å². The smallest absolute Gasteiger partial charge is 0.259 e. The number of ether oxygens (including phenoxy) is 1. The molecule has 0 atom stereocenters. The molecule has 0 aliphatic carbocycles. The Kier molecular flexibility index (Phi) is 3.66. The molecule has 0 fully saturated rings. The summed E-state index contributed by atoms with van der Waals surface area (Å²) < 4.78 is 5.03. The van der Waals surface area contributed by atoms with E-state index in [4.69, 9.17) is 4.74 Å². The van der Waals surface area contributed by atoms with Gasteiger partial charge in [-0.05, 0) is 36.8 Å². The summed E-state index contributed by atoms with van der Waals surface area (Å²) in [5, 5.41) is 12.4. The minimum Gasteiger partial charge on any atom is -0.507 e. The van der Waals surface area contributed by atoms with Crippen molar-refractivity contribution in [1.29, 1.82) is 0 Å². The third-order valence-electron chi connectivity index (χ3n) is 2.74. The number of carbonyl (C=O) groups is 1. The summed E-state index contributed by atoms with van der Waals surface area (Å²) >= 11 is 0. The van der Waals surface area contributed by atoms with E-state index in [2.05, 4.69) is 10.3 Å². The van der Waals surface area contributed by atoms with Crippen LogP contribution in [0.25, 0.3) is 0 Å². The summed E-state index contributed by atoms with van der Waals surface area (Å²) in [5.74, 6) is -0.00166. The number of anilines is 1. The maximum Gasteiger partial charge on any atom is 0.259 e. The normalized spacial score (nSPS) is 10.0. The van der Waals surface area contributed by atoms with Crippen molar-refractivity contribution >= 4 is 11.6 Å². The van der Waals surface area contributed by atoms with Gasteiger partial charge in [-0.15, -0.1) is 0 Å². The Morgan fingerprint density at radius 1 is 1.37 bits per heavy atom. The van der Waals surface area contributed by atoms with Crippen LogP contribution in [0, 0.1) is 6.92 Å². The van der Waals surface area contributed by atoms with Crippen molar-refractivity contribution in [3.05, 3.63) is 47.8 Å². The van der Waals surface area contributed by atoms with E-state index >= 15 is 0 Å². The Morgan fingerprint density at radius 3 is 2.84 bits per heavy atom. The van der Waals surface area contributed by atoms with Gasteiger partial charge < -0.3 is 15.2 Å². The van der Waals surface area contributed by atoms with Gasteiger partial charge in [0.25, 0.3) is 5.91 Å². The monoisotopic (exact) mass is 258 g/mol. The average molecular weight is 258 g/mol. The molecule has 2 N–H and O–H groups in total. The van der Waals surface area contributed by atoms with Gasteiger partial charge in [-0.2, -0.15) is 0 Å². The van der Waals surface area contributed by atoms with Gasteiger partial charge in [0.1, 0.15) is 11.5 Å². The minimum absolute atomic E-state index is 0.0974. The topological polar surface area (TPSA) is 71.5 Å². The van der Waals surface area contributed by atoms with Crippen molar-refractivity contribution < 1.29 is 14.6 Å². The van der Waals surface area contributed by atoms with E-state index in [0.29, 0.717) is 11.4 Å². The maximum atomic E-state index is 12.1. The van der Waals surface area contributed by atoms with Gasteiger partial charge in [0.2, 0.25) is 0 Å². The molecule has 0 radical (unpaired) electrons. The zero-order chi connectivity index (χ0) is 13.8. The van der Waals surface area contributed by atoms with Crippen LogP contribution in [0.15, 0.2) is 36.7 Å². The maximum absolute atomic E-state index is 12.1. The largest absolute Gasteiger partial charge is 0.507 e.